The first kappa shape index (κ1) is 26.4. The van der Waals surface area contributed by atoms with Gasteiger partial charge in [-0.2, -0.15) is 0 Å². The summed E-state index contributed by atoms with van der Waals surface area (Å²) in [4.78, 5) is 10.4. The molecule has 1 unspecified atom stereocenters. The third kappa shape index (κ3) is 23.4. The van der Waals surface area contributed by atoms with Crippen LogP contribution in [0.25, 0.3) is 0 Å². The Labute approximate surface area is 169 Å². The standard InChI is InChI=1S/C24H48O3/c1-2-3-4-5-6-7-8-9-10-11-12-14-17-20-23(25)21-18-15-13-16-19-22-24(26)27/h23,25H,2-22H2,1H3,(H,26,27). The Balaban J connectivity index is 3.14. The lowest BCUT2D eigenvalue weighted by molar-refractivity contribution is -0.137. The molecule has 0 aliphatic heterocycles. The van der Waals surface area contributed by atoms with Crippen molar-refractivity contribution in [3.63, 3.8) is 0 Å². The monoisotopic (exact) mass is 384 g/mol. The molecule has 0 saturated carbocycles. The molecule has 2 N–H and O–H groups in total. The Morgan fingerprint density at radius 1 is 0.593 bits per heavy atom. The highest BCUT2D eigenvalue weighted by Gasteiger charge is 2.04. The summed E-state index contributed by atoms with van der Waals surface area (Å²) in [5.41, 5.74) is 0. The van der Waals surface area contributed by atoms with Crippen molar-refractivity contribution in [3.8, 4) is 0 Å². The number of aliphatic hydroxyl groups is 1. The van der Waals surface area contributed by atoms with Crippen molar-refractivity contribution in [3.05, 3.63) is 0 Å². The Bertz CT molecular complexity index is 304. The van der Waals surface area contributed by atoms with Crippen molar-refractivity contribution >= 4 is 5.97 Å². The van der Waals surface area contributed by atoms with E-state index in [4.69, 9.17) is 5.11 Å². The van der Waals surface area contributed by atoms with Gasteiger partial charge in [0.25, 0.3) is 0 Å². The van der Waals surface area contributed by atoms with Gasteiger partial charge in [-0.25, -0.2) is 0 Å². The topological polar surface area (TPSA) is 57.5 Å². The summed E-state index contributed by atoms with van der Waals surface area (Å²) >= 11 is 0. The number of carboxylic acid groups (broad SMARTS) is 1. The number of aliphatic hydroxyl groups excluding tert-OH is 1. The second-order valence-electron chi connectivity index (χ2n) is 8.39. The first-order valence-corrected chi connectivity index (χ1v) is 12.1. The molecule has 3 nitrogen and oxygen atoms in total. The summed E-state index contributed by atoms with van der Waals surface area (Å²) in [5.74, 6) is -0.691. The first-order chi connectivity index (χ1) is 13.2. The summed E-state index contributed by atoms with van der Waals surface area (Å²) in [6.07, 6.45) is 24.9. The molecule has 0 aromatic heterocycles. The molecule has 0 amide bonds. The van der Waals surface area contributed by atoms with E-state index >= 15 is 0 Å². The highest BCUT2D eigenvalue weighted by molar-refractivity contribution is 5.66. The molecule has 0 aliphatic rings. The lowest BCUT2D eigenvalue weighted by Gasteiger charge is -2.10. The quantitative estimate of drug-likeness (QED) is 0.188. The van der Waals surface area contributed by atoms with Gasteiger partial charge in [0, 0.05) is 6.42 Å². The van der Waals surface area contributed by atoms with Gasteiger partial charge in [0.05, 0.1) is 6.10 Å². The van der Waals surface area contributed by atoms with Crippen LogP contribution in [0.5, 0.6) is 0 Å². The fraction of sp³-hybridized carbons (Fsp3) is 0.958. The molecule has 0 radical (unpaired) electrons. The zero-order valence-electron chi connectivity index (χ0n) is 18.2. The van der Waals surface area contributed by atoms with Crippen LogP contribution in [0.15, 0.2) is 0 Å². The highest BCUT2D eigenvalue weighted by atomic mass is 16.4. The fourth-order valence-corrected chi connectivity index (χ4v) is 3.73. The highest BCUT2D eigenvalue weighted by Crippen LogP contribution is 2.15. The minimum Gasteiger partial charge on any atom is -0.481 e. The molecule has 0 bridgehead atoms. The molecule has 0 saturated heterocycles. The average Bonchev–Trinajstić information content (AvgIpc) is 2.64. The molecule has 3 heteroatoms. The van der Waals surface area contributed by atoms with Gasteiger partial charge in [-0.05, 0) is 19.3 Å². The lowest BCUT2D eigenvalue weighted by Crippen LogP contribution is -2.05. The van der Waals surface area contributed by atoms with Gasteiger partial charge in [0.15, 0.2) is 0 Å². The smallest absolute Gasteiger partial charge is 0.303 e. The zero-order chi connectivity index (χ0) is 20.0. The Morgan fingerprint density at radius 3 is 1.30 bits per heavy atom. The van der Waals surface area contributed by atoms with Crippen LogP contribution in [0, 0.1) is 0 Å². The van der Waals surface area contributed by atoms with E-state index in [0.717, 1.165) is 51.4 Å². The van der Waals surface area contributed by atoms with Crippen molar-refractivity contribution in [1.29, 1.82) is 0 Å². The van der Waals surface area contributed by atoms with Crippen LogP contribution in [-0.2, 0) is 4.79 Å². The van der Waals surface area contributed by atoms with E-state index in [1.54, 1.807) is 0 Å². The van der Waals surface area contributed by atoms with Crippen LogP contribution >= 0.6 is 0 Å². The van der Waals surface area contributed by atoms with Gasteiger partial charge in [0.1, 0.15) is 0 Å². The van der Waals surface area contributed by atoms with Crippen molar-refractivity contribution in [2.24, 2.45) is 0 Å². The zero-order valence-corrected chi connectivity index (χ0v) is 18.2. The van der Waals surface area contributed by atoms with Crippen LogP contribution in [0.4, 0.5) is 0 Å². The summed E-state index contributed by atoms with van der Waals surface area (Å²) in [6.45, 7) is 2.27. The van der Waals surface area contributed by atoms with Crippen LogP contribution < -0.4 is 0 Å². The predicted molar refractivity (Wildman–Crippen MR) is 116 cm³/mol. The molecule has 0 spiro atoms. The van der Waals surface area contributed by atoms with Gasteiger partial charge in [-0.15, -0.1) is 0 Å². The Morgan fingerprint density at radius 2 is 0.926 bits per heavy atom. The molecule has 162 valence electrons. The third-order valence-corrected chi connectivity index (χ3v) is 5.57. The van der Waals surface area contributed by atoms with Crippen LogP contribution in [0.3, 0.4) is 0 Å². The van der Waals surface area contributed by atoms with Gasteiger partial charge >= 0.3 is 5.97 Å². The lowest BCUT2D eigenvalue weighted by atomic mass is 10.0. The first-order valence-electron chi connectivity index (χ1n) is 12.1. The molecule has 0 aromatic rings. The van der Waals surface area contributed by atoms with E-state index in [1.807, 2.05) is 0 Å². The minimum atomic E-state index is -0.691. The summed E-state index contributed by atoms with van der Waals surface area (Å²) in [5, 5.41) is 18.6. The summed E-state index contributed by atoms with van der Waals surface area (Å²) in [7, 11) is 0. The molecular weight excluding hydrogens is 336 g/mol. The van der Waals surface area contributed by atoms with Crippen LogP contribution in [-0.4, -0.2) is 22.3 Å². The van der Waals surface area contributed by atoms with Crippen molar-refractivity contribution in [2.75, 3.05) is 0 Å². The molecule has 27 heavy (non-hydrogen) atoms. The van der Waals surface area contributed by atoms with E-state index in [1.165, 1.54) is 77.0 Å². The predicted octanol–water partition coefficient (Wildman–Crippen LogP) is 7.64. The normalized spacial score (nSPS) is 12.4. The van der Waals surface area contributed by atoms with Gasteiger partial charge < -0.3 is 10.2 Å². The molecule has 0 heterocycles. The van der Waals surface area contributed by atoms with E-state index in [2.05, 4.69) is 6.92 Å². The number of carboxylic acids is 1. The third-order valence-electron chi connectivity index (χ3n) is 5.57. The Kier molecular flexibility index (Phi) is 21.3. The van der Waals surface area contributed by atoms with Crippen molar-refractivity contribution < 1.29 is 15.0 Å². The van der Waals surface area contributed by atoms with Crippen LogP contribution in [0.2, 0.25) is 0 Å². The number of aliphatic carboxylic acids is 1. The molecule has 0 aliphatic carbocycles. The largest absolute Gasteiger partial charge is 0.481 e. The van der Waals surface area contributed by atoms with Gasteiger partial charge in [-0.3, -0.25) is 4.79 Å². The number of rotatable bonds is 22. The number of carbonyl (C=O) groups is 1. The van der Waals surface area contributed by atoms with E-state index < -0.39 is 5.97 Å². The maximum absolute atomic E-state index is 10.4. The number of unbranched alkanes of at least 4 members (excludes halogenated alkanes) is 16. The van der Waals surface area contributed by atoms with Gasteiger partial charge in [0.2, 0.25) is 0 Å². The molecule has 1 atom stereocenters. The Hall–Kier alpha value is -0.570. The number of hydrogen-bond acceptors (Lipinski definition) is 2. The second-order valence-corrected chi connectivity index (χ2v) is 8.39. The van der Waals surface area contributed by atoms with Crippen molar-refractivity contribution in [1.82, 2.24) is 0 Å². The van der Waals surface area contributed by atoms with Crippen LogP contribution in [0.1, 0.15) is 142 Å². The maximum atomic E-state index is 10.4. The second kappa shape index (κ2) is 21.7. The average molecular weight is 385 g/mol. The maximum Gasteiger partial charge on any atom is 0.303 e. The SMILES string of the molecule is CCCCCCCCCCCCCCCC(O)CCCCCCCC(=O)O. The molecular formula is C24H48O3. The van der Waals surface area contributed by atoms with Crippen molar-refractivity contribution in [2.45, 2.75) is 148 Å². The summed E-state index contributed by atoms with van der Waals surface area (Å²) < 4.78 is 0. The van der Waals surface area contributed by atoms with E-state index in [9.17, 15) is 9.90 Å². The number of hydrogen-bond donors (Lipinski definition) is 2. The van der Waals surface area contributed by atoms with E-state index in [-0.39, 0.29) is 6.10 Å². The summed E-state index contributed by atoms with van der Waals surface area (Å²) in [6, 6.07) is 0. The molecule has 0 rings (SSSR count). The molecule has 0 fully saturated rings. The van der Waals surface area contributed by atoms with Gasteiger partial charge in [-0.1, -0.05) is 116 Å². The molecule has 0 aromatic carbocycles. The minimum absolute atomic E-state index is 0.128. The fourth-order valence-electron chi connectivity index (χ4n) is 3.73. The van der Waals surface area contributed by atoms with E-state index in [0.29, 0.717) is 6.42 Å².